The van der Waals surface area contributed by atoms with Gasteiger partial charge >= 0.3 is 5.97 Å². The molecule has 4 nitrogen and oxygen atoms in total. The van der Waals surface area contributed by atoms with Crippen LogP contribution in [0, 0.1) is 11.3 Å². The summed E-state index contributed by atoms with van der Waals surface area (Å²) >= 11 is 0. The predicted octanol–water partition coefficient (Wildman–Crippen LogP) is 1.27. The van der Waals surface area contributed by atoms with E-state index in [2.05, 4.69) is 0 Å². The Bertz CT molecular complexity index is 343. The lowest BCUT2D eigenvalue weighted by Crippen LogP contribution is -2.34. The van der Waals surface area contributed by atoms with Crippen molar-refractivity contribution in [2.24, 2.45) is 11.3 Å². The standard InChI is InChI=1S/C12H16O4/c1-2-16-11(15)10-9(14)4-6-12(10)5-3-8(13)7-12/h10H,2-7H2,1H3. The number of Topliss-reactive ketones (excluding diaryl/α,β-unsaturated/α-hetero) is 2. The van der Waals surface area contributed by atoms with Gasteiger partial charge in [0.15, 0.2) is 0 Å². The van der Waals surface area contributed by atoms with Crippen molar-refractivity contribution in [2.45, 2.75) is 39.0 Å². The second kappa shape index (κ2) is 4.00. The maximum Gasteiger partial charge on any atom is 0.317 e. The lowest BCUT2D eigenvalue weighted by Gasteiger charge is -2.27. The predicted molar refractivity (Wildman–Crippen MR) is 55.7 cm³/mol. The van der Waals surface area contributed by atoms with E-state index >= 15 is 0 Å². The van der Waals surface area contributed by atoms with Gasteiger partial charge in [-0.05, 0) is 25.2 Å². The van der Waals surface area contributed by atoms with E-state index in [0.29, 0.717) is 32.1 Å². The van der Waals surface area contributed by atoms with Crippen LogP contribution in [0.3, 0.4) is 0 Å². The first kappa shape index (κ1) is 11.3. The topological polar surface area (TPSA) is 60.4 Å². The van der Waals surface area contributed by atoms with Crippen LogP contribution >= 0.6 is 0 Å². The summed E-state index contributed by atoms with van der Waals surface area (Å²) in [7, 11) is 0. The number of hydrogen-bond acceptors (Lipinski definition) is 4. The van der Waals surface area contributed by atoms with Crippen molar-refractivity contribution in [3.05, 3.63) is 0 Å². The Labute approximate surface area is 94.3 Å². The van der Waals surface area contributed by atoms with Gasteiger partial charge in [-0.15, -0.1) is 0 Å². The average molecular weight is 224 g/mol. The van der Waals surface area contributed by atoms with Crippen LogP contribution in [-0.2, 0) is 19.1 Å². The Hall–Kier alpha value is -1.19. The molecule has 16 heavy (non-hydrogen) atoms. The highest BCUT2D eigenvalue weighted by atomic mass is 16.5. The third-order valence-electron chi connectivity index (χ3n) is 3.78. The van der Waals surface area contributed by atoms with Crippen molar-refractivity contribution in [3.63, 3.8) is 0 Å². The first-order valence-corrected chi connectivity index (χ1v) is 5.80. The van der Waals surface area contributed by atoms with E-state index in [4.69, 9.17) is 4.74 Å². The molecule has 2 atom stereocenters. The molecule has 2 aliphatic carbocycles. The lowest BCUT2D eigenvalue weighted by molar-refractivity contribution is -0.154. The highest BCUT2D eigenvalue weighted by Crippen LogP contribution is 2.51. The van der Waals surface area contributed by atoms with Crippen LogP contribution in [0.15, 0.2) is 0 Å². The molecule has 4 heteroatoms. The van der Waals surface area contributed by atoms with Crippen LogP contribution in [0.25, 0.3) is 0 Å². The van der Waals surface area contributed by atoms with Crippen molar-refractivity contribution < 1.29 is 19.1 Å². The highest BCUT2D eigenvalue weighted by Gasteiger charge is 2.55. The molecule has 0 bridgehead atoms. The van der Waals surface area contributed by atoms with Crippen LogP contribution in [0.2, 0.25) is 0 Å². The Kier molecular flexibility index (Phi) is 2.82. The summed E-state index contributed by atoms with van der Waals surface area (Å²) in [5, 5.41) is 0. The maximum absolute atomic E-state index is 11.8. The minimum absolute atomic E-state index is 0.0480. The van der Waals surface area contributed by atoms with Gasteiger partial charge in [0.1, 0.15) is 17.5 Å². The van der Waals surface area contributed by atoms with Crippen LogP contribution in [0.5, 0.6) is 0 Å². The molecule has 88 valence electrons. The largest absolute Gasteiger partial charge is 0.465 e. The second-order valence-electron chi connectivity index (χ2n) is 4.73. The van der Waals surface area contributed by atoms with E-state index < -0.39 is 17.3 Å². The summed E-state index contributed by atoms with van der Waals surface area (Å²) in [4.78, 5) is 34.9. The molecule has 2 fully saturated rings. The van der Waals surface area contributed by atoms with Gasteiger partial charge in [-0.2, -0.15) is 0 Å². The van der Waals surface area contributed by atoms with E-state index in [9.17, 15) is 14.4 Å². The average Bonchev–Trinajstić information content (AvgIpc) is 2.73. The lowest BCUT2D eigenvalue weighted by atomic mass is 9.76. The van der Waals surface area contributed by atoms with Gasteiger partial charge in [-0.3, -0.25) is 14.4 Å². The van der Waals surface area contributed by atoms with Crippen LogP contribution in [0.1, 0.15) is 39.0 Å². The van der Waals surface area contributed by atoms with E-state index in [0.717, 1.165) is 0 Å². The first-order chi connectivity index (χ1) is 7.59. The van der Waals surface area contributed by atoms with Gasteiger partial charge in [0, 0.05) is 19.3 Å². The van der Waals surface area contributed by atoms with E-state index in [1.807, 2.05) is 0 Å². The fourth-order valence-electron chi connectivity index (χ4n) is 3.03. The fourth-order valence-corrected chi connectivity index (χ4v) is 3.03. The molecule has 2 unspecified atom stereocenters. The van der Waals surface area contributed by atoms with Crippen molar-refractivity contribution in [3.8, 4) is 0 Å². The number of ether oxygens (including phenoxy) is 1. The first-order valence-electron chi connectivity index (χ1n) is 5.80. The summed E-state index contributed by atoms with van der Waals surface area (Å²) in [5.74, 6) is -0.990. The molecular formula is C12H16O4. The van der Waals surface area contributed by atoms with Crippen molar-refractivity contribution in [1.29, 1.82) is 0 Å². The van der Waals surface area contributed by atoms with Gasteiger partial charge in [-0.25, -0.2) is 0 Å². The minimum atomic E-state index is -0.682. The zero-order valence-electron chi connectivity index (χ0n) is 9.45. The third kappa shape index (κ3) is 1.66. The summed E-state index contributed by atoms with van der Waals surface area (Å²) in [6.45, 7) is 2.01. The van der Waals surface area contributed by atoms with Gasteiger partial charge < -0.3 is 4.74 Å². The number of rotatable bonds is 2. The Balaban J connectivity index is 2.22. The second-order valence-corrected chi connectivity index (χ2v) is 4.73. The Morgan fingerprint density at radius 1 is 1.38 bits per heavy atom. The molecule has 2 aliphatic rings. The molecule has 2 saturated carbocycles. The van der Waals surface area contributed by atoms with Gasteiger partial charge in [0.2, 0.25) is 0 Å². The highest BCUT2D eigenvalue weighted by molar-refractivity contribution is 6.03. The number of carbonyl (C=O) groups is 3. The van der Waals surface area contributed by atoms with Crippen molar-refractivity contribution in [1.82, 2.24) is 0 Å². The maximum atomic E-state index is 11.8. The summed E-state index contributed by atoms with van der Waals surface area (Å²) < 4.78 is 4.95. The third-order valence-corrected chi connectivity index (χ3v) is 3.78. The molecule has 0 N–H and O–H groups in total. The van der Waals surface area contributed by atoms with Crippen LogP contribution in [0.4, 0.5) is 0 Å². The quantitative estimate of drug-likeness (QED) is 0.523. The Morgan fingerprint density at radius 3 is 2.62 bits per heavy atom. The molecule has 0 aliphatic heterocycles. The molecule has 0 aromatic heterocycles. The smallest absolute Gasteiger partial charge is 0.317 e. The fraction of sp³-hybridized carbons (Fsp3) is 0.750. The van der Waals surface area contributed by atoms with Gasteiger partial charge in [-0.1, -0.05) is 0 Å². The SMILES string of the molecule is CCOC(=O)C1C(=O)CCC12CCC(=O)C2. The number of hydrogen-bond donors (Lipinski definition) is 0. The number of ketones is 2. The molecule has 0 aromatic carbocycles. The molecular weight excluding hydrogens is 208 g/mol. The van der Waals surface area contributed by atoms with Crippen molar-refractivity contribution in [2.75, 3.05) is 6.61 Å². The number of carbonyl (C=O) groups excluding carboxylic acids is 3. The molecule has 0 heterocycles. The molecule has 0 radical (unpaired) electrons. The normalized spacial score (nSPS) is 33.7. The van der Waals surface area contributed by atoms with E-state index in [1.165, 1.54) is 0 Å². The van der Waals surface area contributed by atoms with Crippen molar-refractivity contribution >= 4 is 17.5 Å². The van der Waals surface area contributed by atoms with Crippen LogP contribution in [-0.4, -0.2) is 24.1 Å². The number of esters is 1. The molecule has 1 spiro atoms. The van der Waals surface area contributed by atoms with Gasteiger partial charge in [0.25, 0.3) is 0 Å². The van der Waals surface area contributed by atoms with Gasteiger partial charge in [0.05, 0.1) is 6.61 Å². The monoisotopic (exact) mass is 224 g/mol. The molecule has 0 aromatic rings. The van der Waals surface area contributed by atoms with Crippen LogP contribution < -0.4 is 0 Å². The zero-order valence-corrected chi connectivity index (χ0v) is 9.45. The summed E-state index contributed by atoms with van der Waals surface area (Å²) in [5.41, 5.74) is -0.402. The van der Waals surface area contributed by atoms with E-state index in [-0.39, 0.29) is 18.2 Å². The minimum Gasteiger partial charge on any atom is -0.465 e. The molecule has 0 saturated heterocycles. The van der Waals surface area contributed by atoms with E-state index in [1.54, 1.807) is 6.92 Å². The Morgan fingerprint density at radius 2 is 2.06 bits per heavy atom. The summed E-state index contributed by atoms with van der Waals surface area (Å²) in [6, 6.07) is 0. The molecule has 0 amide bonds. The zero-order chi connectivity index (χ0) is 11.8. The summed E-state index contributed by atoms with van der Waals surface area (Å²) in [6.07, 6.45) is 2.63. The molecule has 2 rings (SSSR count).